The van der Waals surface area contributed by atoms with Gasteiger partial charge in [0.25, 0.3) is 0 Å². The Morgan fingerprint density at radius 1 is 1.75 bits per heavy atom. The van der Waals surface area contributed by atoms with Gasteiger partial charge < -0.3 is 15.7 Å². The first kappa shape index (κ1) is 8.32. The Labute approximate surface area is 69.0 Å². The van der Waals surface area contributed by atoms with E-state index in [4.69, 9.17) is 5.73 Å². The van der Waals surface area contributed by atoms with Gasteiger partial charge in [0.15, 0.2) is 6.20 Å². The number of carbonyl (C=O) groups is 1. The summed E-state index contributed by atoms with van der Waals surface area (Å²) in [5, 5.41) is 11.0. The second kappa shape index (κ2) is 3.08. The van der Waals surface area contributed by atoms with E-state index in [2.05, 4.69) is 4.74 Å². The molecule has 64 valence electrons. The van der Waals surface area contributed by atoms with Gasteiger partial charge in [-0.3, -0.25) is 0 Å². The van der Waals surface area contributed by atoms with E-state index >= 15 is 0 Å². The Hall–Kier alpha value is -1.78. The highest BCUT2D eigenvalue weighted by Crippen LogP contribution is 2.05. The van der Waals surface area contributed by atoms with Crippen LogP contribution in [0, 0.1) is 5.21 Å². The van der Waals surface area contributed by atoms with Crippen molar-refractivity contribution in [3.63, 3.8) is 0 Å². The van der Waals surface area contributed by atoms with Crippen LogP contribution in [0.2, 0.25) is 0 Å². The zero-order valence-corrected chi connectivity index (χ0v) is 6.48. The van der Waals surface area contributed by atoms with E-state index in [0.717, 1.165) is 0 Å². The number of esters is 1. The van der Waals surface area contributed by atoms with Crippen molar-refractivity contribution in [2.24, 2.45) is 0 Å². The number of nitrogen functional groups attached to an aromatic ring is 1. The summed E-state index contributed by atoms with van der Waals surface area (Å²) in [5.41, 5.74) is 5.31. The van der Waals surface area contributed by atoms with Crippen LogP contribution < -0.4 is 10.5 Å². The number of ether oxygens (including phenoxy) is 1. The second-order valence-electron chi connectivity index (χ2n) is 2.13. The van der Waals surface area contributed by atoms with Crippen molar-refractivity contribution in [3.05, 3.63) is 29.2 Å². The van der Waals surface area contributed by atoms with Crippen LogP contribution in [0.5, 0.6) is 0 Å². The summed E-state index contributed by atoms with van der Waals surface area (Å²) in [7, 11) is 1.19. The normalized spacial score (nSPS) is 9.42. The summed E-state index contributed by atoms with van der Waals surface area (Å²) in [5.74, 6) is -0.733. The van der Waals surface area contributed by atoms with Gasteiger partial charge in [0.2, 0.25) is 0 Å². The third-order valence-corrected chi connectivity index (χ3v) is 1.37. The average molecular weight is 168 g/mol. The lowest BCUT2D eigenvalue weighted by atomic mass is 10.3. The summed E-state index contributed by atoms with van der Waals surface area (Å²) in [6.45, 7) is 0. The Balaban J connectivity index is 3.21. The van der Waals surface area contributed by atoms with Crippen molar-refractivity contribution in [1.29, 1.82) is 0 Å². The van der Waals surface area contributed by atoms with Crippen molar-refractivity contribution < 1.29 is 14.3 Å². The van der Waals surface area contributed by atoms with Crippen molar-refractivity contribution in [2.75, 3.05) is 12.8 Å². The molecule has 0 aliphatic heterocycles. The molecule has 0 aromatic carbocycles. The number of rotatable bonds is 1. The number of anilines is 1. The van der Waals surface area contributed by atoms with Crippen LogP contribution >= 0.6 is 0 Å². The fourth-order valence-corrected chi connectivity index (χ4v) is 0.810. The van der Waals surface area contributed by atoms with Crippen LogP contribution in [0.25, 0.3) is 0 Å². The number of pyridine rings is 1. The lowest BCUT2D eigenvalue weighted by Crippen LogP contribution is -2.35. The molecule has 0 amide bonds. The quantitative estimate of drug-likeness (QED) is 0.354. The van der Waals surface area contributed by atoms with E-state index < -0.39 is 5.97 Å². The summed E-state index contributed by atoms with van der Waals surface area (Å²) in [6.07, 6.45) is 1.18. The Kier molecular flexibility index (Phi) is 2.14. The third-order valence-electron chi connectivity index (χ3n) is 1.37. The summed E-state index contributed by atoms with van der Waals surface area (Å²) < 4.78 is 4.73. The summed E-state index contributed by atoms with van der Waals surface area (Å²) >= 11 is 0. The fraction of sp³-hybridized carbons (Fsp3) is 0.143. The number of carbonyl (C=O) groups excluding carboxylic acids is 1. The monoisotopic (exact) mass is 168 g/mol. The van der Waals surface area contributed by atoms with Crippen LogP contribution in [0.4, 0.5) is 5.69 Å². The molecule has 0 saturated carbocycles. The molecular formula is C7H8N2O3. The molecule has 0 bridgehead atoms. The summed E-state index contributed by atoms with van der Waals surface area (Å²) in [6, 6.07) is 2.91. The average Bonchev–Trinajstić information content (AvgIpc) is 2.03. The molecule has 5 heteroatoms. The number of hydrogen-bond donors (Lipinski definition) is 1. The minimum absolute atomic E-state index is 0.111. The van der Waals surface area contributed by atoms with E-state index in [1.54, 1.807) is 0 Å². The molecule has 0 aliphatic carbocycles. The first-order valence-electron chi connectivity index (χ1n) is 3.22. The molecule has 2 N–H and O–H groups in total. The van der Waals surface area contributed by atoms with Crippen LogP contribution in [-0.2, 0) is 4.74 Å². The molecule has 0 aliphatic rings. The van der Waals surface area contributed by atoms with Crippen LogP contribution in [0.15, 0.2) is 18.3 Å². The van der Waals surface area contributed by atoms with Gasteiger partial charge in [0.1, 0.15) is 5.69 Å². The van der Waals surface area contributed by atoms with Gasteiger partial charge in [-0.25, -0.2) is 4.79 Å². The molecule has 1 aromatic heterocycles. The van der Waals surface area contributed by atoms with Gasteiger partial charge in [-0.1, -0.05) is 0 Å². The van der Waals surface area contributed by atoms with Crippen LogP contribution in [0.1, 0.15) is 10.5 Å². The molecule has 1 rings (SSSR count). The maximum absolute atomic E-state index is 11.0. The van der Waals surface area contributed by atoms with Crippen molar-refractivity contribution in [2.45, 2.75) is 0 Å². The molecule has 0 spiro atoms. The molecule has 0 radical (unpaired) electrons. The molecule has 5 nitrogen and oxygen atoms in total. The third kappa shape index (κ3) is 1.29. The lowest BCUT2D eigenvalue weighted by Gasteiger charge is -2.03. The van der Waals surface area contributed by atoms with Crippen molar-refractivity contribution in [1.82, 2.24) is 0 Å². The largest absolute Gasteiger partial charge is 0.618 e. The highest BCUT2D eigenvalue weighted by molar-refractivity contribution is 5.90. The van der Waals surface area contributed by atoms with Crippen LogP contribution in [0.3, 0.4) is 0 Å². The first-order valence-corrected chi connectivity index (χ1v) is 3.22. The predicted molar refractivity (Wildman–Crippen MR) is 41.2 cm³/mol. The Morgan fingerprint density at radius 2 is 2.42 bits per heavy atom. The van der Waals surface area contributed by atoms with Gasteiger partial charge in [-0.15, -0.1) is 0 Å². The highest BCUT2D eigenvalue weighted by atomic mass is 16.5. The zero-order chi connectivity index (χ0) is 9.14. The first-order chi connectivity index (χ1) is 5.66. The zero-order valence-electron chi connectivity index (χ0n) is 6.48. The second-order valence-corrected chi connectivity index (χ2v) is 2.13. The number of nitrogens with zero attached hydrogens (tertiary/aromatic N) is 1. The highest BCUT2D eigenvalue weighted by Gasteiger charge is 2.19. The van der Waals surface area contributed by atoms with Crippen molar-refractivity contribution >= 4 is 11.7 Å². The standard InChI is InChI=1S/C7H8N2O3/c1-12-7(10)6-5(8)3-2-4-9(6)11/h2-4H,8H2,1H3. The number of nitrogens with two attached hydrogens (primary N) is 1. The number of aromatic nitrogens is 1. The Morgan fingerprint density at radius 3 is 2.92 bits per heavy atom. The van der Waals surface area contributed by atoms with Gasteiger partial charge in [0, 0.05) is 6.07 Å². The topological polar surface area (TPSA) is 79.3 Å². The summed E-state index contributed by atoms with van der Waals surface area (Å²) in [4.78, 5) is 10.9. The molecule has 0 saturated heterocycles. The van der Waals surface area contributed by atoms with Gasteiger partial charge >= 0.3 is 11.7 Å². The smallest absolute Gasteiger partial charge is 0.407 e. The van der Waals surface area contributed by atoms with E-state index in [1.807, 2.05) is 0 Å². The number of hydrogen-bond acceptors (Lipinski definition) is 4. The molecular weight excluding hydrogens is 160 g/mol. The maximum atomic E-state index is 11.0. The molecule has 0 atom stereocenters. The predicted octanol–water partition coefficient (Wildman–Crippen LogP) is -0.311. The Bertz CT molecular complexity index is 291. The lowest BCUT2D eigenvalue weighted by molar-refractivity contribution is -0.607. The van der Waals surface area contributed by atoms with Crippen LogP contribution in [-0.4, -0.2) is 13.1 Å². The molecule has 1 aromatic rings. The van der Waals surface area contributed by atoms with E-state index in [9.17, 15) is 10.0 Å². The van der Waals surface area contributed by atoms with E-state index in [-0.39, 0.29) is 11.4 Å². The molecule has 12 heavy (non-hydrogen) atoms. The SMILES string of the molecule is COC(=O)c1c(N)ccc[n+]1[O-]. The fourth-order valence-electron chi connectivity index (χ4n) is 0.810. The minimum atomic E-state index is -0.733. The minimum Gasteiger partial charge on any atom is -0.618 e. The molecule has 0 fully saturated rings. The molecule has 0 unspecified atom stereocenters. The van der Waals surface area contributed by atoms with Gasteiger partial charge in [-0.2, -0.15) is 4.73 Å². The van der Waals surface area contributed by atoms with E-state index in [1.165, 1.54) is 25.4 Å². The van der Waals surface area contributed by atoms with E-state index in [0.29, 0.717) is 4.73 Å². The maximum Gasteiger partial charge on any atom is 0.407 e. The van der Waals surface area contributed by atoms with Gasteiger partial charge in [0.05, 0.1) is 7.11 Å². The molecule has 1 heterocycles. The van der Waals surface area contributed by atoms with Gasteiger partial charge in [-0.05, 0) is 6.07 Å². The number of methoxy groups -OCH3 is 1. The van der Waals surface area contributed by atoms with Crippen molar-refractivity contribution in [3.8, 4) is 0 Å².